The summed E-state index contributed by atoms with van der Waals surface area (Å²) in [6.07, 6.45) is -4.88. The number of alkyl halides is 6. The van der Waals surface area contributed by atoms with Gasteiger partial charge in [-0.25, -0.2) is 0 Å². The first-order valence-electron chi connectivity index (χ1n) is 5.07. The van der Waals surface area contributed by atoms with Gasteiger partial charge in [0, 0.05) is 16.8 Å². The van der Waals surface area contributed by atoms with Crippen LogP contribution in [0.25, 0.3) is 0 Å². The van der Waals surface area contributed by atoms with Crippen LogP contribution in [0.3, 0.4) is 0 Å². The number of benzene rings is 1. The molecular formula is C10H8BrF6NOS. The first kappa shape index (κ1) is 17.3. The number of nitrogens with one attached hydrogen (secondary N) is 1. The lowest BCUT2D eigenvalue weighted by Crippen LogP contribution is -2.18. The third-order valence-corrected chi connectivity index (χ3v) is 3.08. The molecule has 0 aliphatic rings. The number of halogens is 7. The molecule has 0 atom stereocenters. The molecule has 0 aliphatic heterocycles. The molecule has 0 amide bonds. The van der Waals surface area contributed by atoms with Crippen LogP contribution in [0.1, 0.15) is 0 Å². The van der Waals surface area contributed by atoms with Crippen LogP contribution in [-0.4, -0.2) is 24.2 Å². The maximum absolute atomic E-state index is 12.2. The minimum atomic E-state index is -4.88. The number of rotatable bonds is 5. The number of hydrogen-bond acceptors (Lipinski definition) is 3. The second kappa shape index (κ2) is 6.79. The van der Waals surface area contributed by atoms with Crippen LogP contribution < -0.4 is 10.1 Å². The SMILES string of the molecule is FC(F)(F)Oc1cc(Br)ccc1NCCSC(F)(F)F. The molecule has 1 rings (SSSR count). The second-order valence-corrected chi connectivity index (χ2v) is 5.48. The van der Waals surface area contributed by atoms with Crippen LogP contribution in [0.15, 0.2) is 22.7 Å². The van der Waals surface area contributed by atoms with Gasteiger partial charge in [0.15, 0.2) is 5.75 Å². The van der Waals surface area contributed by atoms with Gasteiger partial charge in [-0.3, -0.25) is 0 Å². The fourth-order valence-electron chi connectivity index (χ4n) is 1.20. The molecule has 0 aliphatic carbocycles. The van der Waals surface area contributed by atoms with Gasteiger partial charge >= 0.3 is 11.9 Å². The second-order valence-electron chi connectivity index (χ2n) is 3.41. The predicted molar refractivity (Wildman–Crippen MR) is 67.8 cm³/mol. The molecule has 0 saturated carbocycles. The first-order valence-corrected chi connectivity index (χ1v) is 6.84. The zero-order valence-corrected chi connectivity index (χ0v) is 12.0. The van der Waals surface area contributed by atoms with E-state index in [0.717, 1.165) is 6.07 Å². The van der Waals surface area contributed by atoms with E-state index in [-0.39, 0.29) is 29.7 Å². The summed E-state index contributed by atoms with van der Waals surface area (Å²) in [7, 11) is 0. The molecule has 10 heteroatoms. The molecule has 0 fully saturated rings. The van der Waals surface area contributed by atoms with E-state index in [0.29, 0.717) is 4.47 Å². The lowest BCUT2D eigenvalue weighted by molar-refractivity contribution is -0.274. The Balaban J connectivity index is 2.65. The van der Waals surface area contributed by atoms with Crippen molar-refractivity contribution in [1.82, 2.24) is 0 Å². The van der Waals surface area contributed by atoms with Gasteiger partial charge in [0.1, 0.15) is 0 Å². The molecule has 0 radical (unpaired) electrons. The lowest BCUT2D eigenvalue weighted by Gasteiger charge is -2.15. The van der Waals surface area contributed by atoms with Crippen LogP contribution in [0.4, 0.5) is 32.0 Å². The molecular weight excluding hydrogens is 376 g/mol. The third-order valence-electron chi connectivity index (χ3n) is 1.85. The Labute approximate surface area is 123 Å². The maximum Gasteiger partial charge on any atom is 0.573 e. The largest absolute Gasteiger partial charge is 0.573 e. The highest BCUT2D eigenvalue weighted by Crippen LogP contribution is 2.33. The Hall–Kier alpha value is -0.770. The van der Waals surface area contributed by atoms with Crippen molar-refractivity contribution in [3.05, 3.63) is 22.7 Å². The van der Waals surface area contributed by atoms with Gasteiger partial charge in [0.2, 0.25) is 0 Å². The van der Waals surface area contributed by atoms with E-state index in [2.05, 4.69) is 26.0 Å². The molecule has 2 nitrogen and oxygen atoms in total. The van der Waals surface area contributed by atoms with E-state index in [9.17, 15) is 26.3 Å². The fourth-order valence-corrected chi connectivity index (χ4v) is 1.98. The molecule has 20 heavy (non-hydrogen) atoms. The predicted octanol–water partition coefficient (Wildman–Crippen LogP) is 5.01. The van der Waals surface area contributed by atoms with Crippen molar-refractivity contribution in [2.75, 3.05) is 17.6 Å². The molecule has 1 N–H and O–H groups in total. The number of ether oxygens (including phenoxy) is 1. The summed E-state index contributed by atoms with van der Waals surface area (Å²) in [6, 6.07) is 3.80. The highest BCUT2D eigenvalue weighted by atomic mass is 79.9. The summed E-state index contributed by atoms with van der Waals surface area (Å²) in [6.45, 7) is -0.153. The number of hydrogen-bond donors (Lipinski definition) is 1. The van der Waals surface area contributed by atoms with Gasteiger partial charge in [-0.15, -0.1) is 13.2 Å². The monoisotopic (exact) mass is 383 g/mol. The Kier molecular flexibility index (Phi) is 5.87. The van der Waals surface area contributed by atoms with E-state index >= 15 is 0 Å². The lowest BCUT2D eigenvalue weighted by atomic mass is 10.3. The van der Waals surface area contributed by atoms with Crippen LogP contribution in [-0.2, 0) is 0 Å². The van der Waals surface area contributed by atoms with Crippen molar-refractivity contribution in [3.8, 4) is 5.75 Å². The quantitative estimate of drug-likeness (QED) is 0.570. The van der Waals surface area contributed by atoms with E-state index in [1.165, 1.54) is 12.1 Å². The molecule has 1 aromatic rings. The molecule has 0 aromatic heterocycles. The first-order chi connectivity index (χ1) is 9.07. The van der Waals surface area contributed by atoms with Gasteiger partial charge in [0.05, 0.1) is 5.69 Å². The van der Waals surface area contributed by atoms with Crippen molar-refractivity contribution >= 4 is 33.4 Å². The van der Waals surface area contributed by atoms with Gasteiger partial charge < -0.3 is 10.1 Å². The summed E-state index contributed by atoms with van der Waals surface area (Å²) >= 11 is 2.72. The Bertz CT molecular complexity index is 450. The number of anilines is 1. The van der Waals surface area contributed by atoms with Gasteiger partial charge in [-0.2, -0.15) is 13.2 Å². The highest BCUT2D eigenvalue weighted by molar-refractivity contribution is 9.10. The average Bonchev–Trinajstić information content (AvgIpc) is 2.23. The molecule has 0 spiro atoms. The van der Waals surface area contributed by atoms with Crippen LogP contribution in [0, 0.1) is 0 Å². The standard InChI is InChI=1S/C10H8BrF6NOS/c11-6-1-2-7(8(5-6)19-9(12,13)14)18-3-4-20-10(15,16)17/h1-2,5,18H,3-4H2. The highest BCUT2D eigenvalue weighted by Gasteiger charge is 2.32. The summed E-state index contributed by atoms with van der Waals surface area (Å²) in [5.74, 6) is -0.839. The summed E-state index contributed by atoms with van der Waals surface area (Å²) in [5, 5.41) is 2.47. The smallest absolute Gasteiger partial charge is 0.404 e. The molecule has 0 bridgehead atoms. The maximum atomic E-state index is 12.2. The zero-order chi connectivity index (χ0) is 15.4. The number of thioether (sulfide) groups is 1. The minimum Gasteiger partial charge on any atom is -0.404 e. The third kappa shape index (κ3) is 7.13. The van der Waals surface area contributed by atoms with Gasteiger partial charge in [-0.1, -0.05) is 15.9 Å². The zero-order valence-electron chi connectivity index (χ0n) is 9.61. The van der Waals surface area contributed by atoms with Gasteiger partial charge in [-0.05, 0) is 30.0 Å². The summed E-state index contributed by atoms with van der Waals surface area (Å²) in [4.78, 5) is 0. The van der Waals surface area contributed by atoms with E-state index in [1.54, 1.807) is 0 Å². The Morgan fingerprint density at radius 2 is 1.80 bits per heavy atom. The van der Waals surface area contributed by atoms with Crippen LogP contribution in [0.2, 0.25) is 0 Å². The van der Waals surface area contributed by atoms with Crippen LogP contribution in [0.5, 0.6) is 5.75 Å². The summed E-state index contributed by atoms with van der Waals surface area (Å²) < 4.78 is 76.4. The Morgan fingerprint density at radius 1 is 1.15 bits per heavy atom. The van der Waals surface area contributed by atoms with Crippen molar-refractivity contribution in [2.24, 2.45) is 0 Å². The molecule has 114 valence electrons. The molecule has 0 heterocycles. The molecule has 0 saturated heterocycles. The van der Waals surface area contributed by atoms with Crippen molar-refractivity contribution in [2.45, 2.75) is 11.9 Å². The topological polar surface area (TPSA) is 21.3 Å². The normalized spacial score (nSPS) is 12.3. The molecule has 1 aromatic carbocycles. The average molecular weight is 384 g/mol. The van der Waals surface area contributed by atoms with E-state index in [4.69, 9.17) is 0 Å². The Morgan fingerprint density at radius 3 is 2.35 bits per heavy atom. The van der Waals surface area contributed by atoms with E-state index < -0.39 is 17.6 Å². The van der Waals surface area contributed by atoms with Crippen LogP contribution >= 0.6 is 27.7 Å². The summed E-state index contributed by atoms with van der Waals surface area (Å²) in [5.41, 5.74) is -4.40. The fraction of sp³-hybridized carbons (Fsp3) is 0.400. The van der Waals surface area contributed by atoms with Crippen molar-refractivity contribution in [1.29, 1.82) is 0 Å². The van der Waals surface area contributed by atoms with E-state index in [1.807, 2.05) is 0 Å². The minimum absolute atomic E-state index is 0.0340. The molecule has 0 unspecified atom stereocenters. The van der Waals surface area contributed by atoms with Crippen molar-refractivity contribution < 1.29 is 31.1 Å². The van der Waals surface area contributed by atoms with Crippen molar-refractivity contribution in [3.63, 3.8) is 0 Å². The van der Waals surface area contributed by atoms with Gasteiger partial charge in [0.25, 0.3) is 0 Å².